The summed E-state index contributed by atoms with van der Waals surface area (Å²) in [5, 5.41) is 2.89. The maximum Gasteiger partial charge on any atom is 0.261 e. The molecule has 0 radical (unpaired) electrons. The maximum atomic E-state index is 13.8. The number of methoxy groups -OCH3 is 1. The Hall–Kier alpha value is -6.21. The van der Waals surface area contributed by atoms with Crippen LogP contribution in [0.2, 0.25) is 0 Å². The summed E-state index contributed by atoms with van der Waals surface area (Å²) in [6.07, 6.45) is 3.34. The van der Waals surface area contributed by atoms with Gasteiger partial charge in [-0.25, -0.2) is 0 Å². The molecule has 0 spiro atoms. The molecular formula is C46H53N5O8. The summed E-state index contributed by atoms with van der Waals surface area (Å²) in [4.78, 5) is 72.5. The van der Waals surface area contributed by atoms with E-state index in [2.05, 4.69) is 17.3 Å². The van der Waals surface area contributed by atoms with Gasteiger partial charge in [0.05, 0.1) is 48.4 Å². The fourth-order valence-electron chi connectivity index (χ4n) is 7.17. The van der Waals surface area contributed by atoms with Crippen LogP contribution < -0.4 is 24.4 Å². The fraction of sp³-hybridized carbons (Fsp3) is 0.370. The minimum absolute atomic E-state index is 0.165. The molecule has 6 rings (SSSR count). The number of carbonyl (C=O) groups is 5. The number of likely N-dealkylation sites (N-methyl/N-ethyl adjacent to an activating group) is 1. The Balaban J connectivity index is 1.03. The molecule has 0 bridgehead atoms. The zero-order chi connectivity index (χ0) is 42.1. The maximum absolute atomic E-state index is 13.8. The lowest BCUT2D eigenvalue weighted by molar-refractivity contribution is -0.132. The van der Waals surface area contributed by atoms with Gasteiger partial charge in [-0.15, -0.1) is 0 Å². The van der Waals surface area contributed by atoms with Crippen molar-refractivity contribution in [3.8, 4) is 17.2 Å². The molecule has 1 N–H and O–H groups in total. The molecule has 0 unspecified atom stereocenters. The third kappa shape index (κ3) is 10.3. The zero-order valence-electron chi connectivity index (χ0n) is 34.5. The van der Waals surface area contributed by atoms with Gasteiger partial charge in [0.2, 0.25) is 5.91 Å². The molecule has 0 aromatic heterocycles. The molecule has 310 valence electrons. The number of hydrogen-bond donors (Lipinski definition) is 1. The molecule has 13 heteroatoms. The van der Waals surface area contributed by atoms with Gasteiger partial charge in [-0.1, -0.05) is 24.3 Å². The van der Waals surface area contributed by atoms with Crippen LogP contribution in [0.25, 0.3) is 0 Å². The van der Waals surface area contributed by atoms with Crippen LogP contribution in [-0.2, 0) is 4.79 Å². The van der Waals surface area contributed by atoms with E-state index in [0.717, 1.165) is 56.6 Å². The van der Waals surface area contributed by atoms with Gasteiger partial charge >= 0.3 is 0 Å². The number of anilines is 2. The number of fused-ring (bicyclic) bond motifs is 1. The Labute approximate surface area is 345 Å². The van der Waals surface area contributed by atoms with Crippen molar-refractivity contribution in [1.82, 2.24) is 14.7 Å². The third-order valence-corrected chi connectivity index (χ3v) is 10.7. The van der Waals surface area contributed by atoms with Crippen molar-refractivity contribution in [2.45, 2.75) is 46.0 Å². The van der Waals surface area contributed by atoms with Crippen molar-refractivity contribution >= 4 is 40.9 Å². The smallest absolute Gasteiger partial charge is 0.261 e. The van der Waals surface area contributed by atoms with E-state index >= 15 is 0 Å². The number of rotatable bonds is 17. The third-order valence-electron chi connectivity index (χ3n) is 10.7. The lowest BCUT2D eigenvalue weighted by Gasteiger charge is -2.32. The van der Waals surface area contributed by atoms with E-state index in [4.69, 9.17) is 14.2 Å². The van der Waals surface area contributed by atoms with Gasteiger partial charge < -0.3 is 34.2 Å². The Morgan fingerprint density at radius 1 is 0.729 bits per heavy atom. The van der Waals surface area contributed by atoms with Crippen molar-refractivity contribution in [3.63, 3.8) is 0 Å². The second-order valence-electron chi connectivity index (χ2n) is 15.1. The molecule has 2 aliphatic rings. The lowest BCUT2D eigenvalue weighted by atomic mass is 10.1. The highest BCUT2D eigenvalue weighted by atomic mass is 16.5. The number of aryl methyl sites for hydroxylation is 2. The second-order valence-corrected chi connectivity index (χ2v) is 15.1. The molecule has 2 heterocycles. The van der Waals surface area contributed by atoms with Crippen LogP contribution in [0, 0.1) is 13.8 Å². The largest absolute Gasteiger partial charge is 0.495 e. The molecule has 13 nitrogen and oxygen atoms in total. The zero-order valence-corrected chi connectivity index (χ0v) is 34.5. The molecule has 1 fully saturated rings. The van der Waals surface area contributed by atoms with Gasteiger partial charge in [-0.05, 0) is 112 Å². The van der Waals surface area contributed by atoms with E-state index in [1.165, 1.54) is 16.9 Å². The lowest BCUT2D eigenvalue weighted by Crippen LogP contribution is -2.47. The Morgan fingerprint density at radius 2 is 1.37 bits per heavy atom. The van der Waals surface area contributed by atoms with Crippen LogP contribution in [0.1, 0.15) is 84.7 Å². The predicted molar refractivity (Wildman–Crippen MR) is 226 cm³/mol. The number of amides is 5. The number of benzene rings is 4. The summed E-state index contributed by atoms with van der Waals surface area (Å²) in [6.45, 7) is 8.04. The highest BCUT2D eigenvalue weighted by Gasteiger charge is 2.34. The number of imide groups is 1. The number of hydrogen-bond acceptors (Lipinski definition) is 9. The molecule has 59 heavy (non-hydrogen) atoms. The van der Waals surface area contributed by atoms with Gasteiger partial charge in [-0.2, -0.15) is 0 Å². The Bertz CT molecular complexity index is 2160. The SMILES string of the molecule is COc1cc(C(=O)N(C)c2ccc(C)cc2OCCCCCC(=O)N2CCN(C)CC2)ccc1NC(=O)c1ccc(C)cc1OCCCN1C(=O)c2ccccc2C1=O. The molecule has 4 aromatic rings. The summed E-state index contributed by atoms with van der Waals surface area (Å²) in [5.41, 5.74) is 4.26. The van der Waals surface area contributed by atoms with Crippen LogP contribution in [0.15, 0.2) is 78.9 Å². The normalized spacial score (nSPS) is 13.9. The monoisotopic (exact) mass is 803 g/mol. The van der Waals surface area contributed by atoms with E-state index in [0.29, 0.717) is 64.8 Å². The molecule has 2 aliphatic heterocycles. The van der Waals surface area contributed by atoms with E-state index in [9.17, 15) is 24.0 Å². The summed E-state index contributed by atoms with van der Waals surface area (Å²) in [6, 6.07) is 22.5. The Kier molecular flexibility index (Phi) is 14.0. The van der Waals surface area contributed by atoms with Gasteiger partial charge in [0.25, 0.3) is 23.6 Å². The summed E-state index contributed by atoms with van der Waals surface area (Å²) < 4.78 is 17.9. The number of carbonyl (C=O) groups excluding carboxylic acids is 5. The average Bonchev–Trinajstić information content (AvgIpc) is 3.48. The standard InChI is InChI=1S/C46H53N5O8/c1-31-15-18-36(39(28-31)58-27-11-21-51-45(55)34-12-8-9-13-35(34)46(51)56)43(53)47-37-19-17-33(30-40(37)57-5)44(54)49(4)38-20-16-32(2)29-41(38)59-26-10-6-7-14-42(52)50-24-22-48(3)23-25-50/h8-9,12-13,15-20,28-30H,6-7,10-11,14,21-27H2,1-5H3,(H,47,53). The highest BCUT2D eigenvalue weighted by Crippen LogP contribution is 2.33. The quantitative estimate of drug-likeness (QED) is 0.0923. The van der Waals surface area contributed by atoms with Crippen LogP contribution in [-0.4, -0.2) is 111 Å². The average molecular weight is 804 g/mol. The number of unbranched alkanes of at least 4 members (excludes halogenated alkanes) is 2. The number of nitrogens with one attached hydrogen (secondary N) is 1. The summed E-state index contributed by atoms with van der Waals surface area (Å²) in [7, 11) is 5.22. The summed E-state index contributed by atoms with van der Waals surface area (Å²) in [5.74, 6) is 0.0485. The number of piperazine rings is 1. The van der Waals surface area contributed by atoms with Crippen molar-refractivity contribution < 1.29 is 38.2 Å². The first-order valence-electron chi connectivity index (χ1n) is 20.1. The second kappa shape index (κ2) is 19.5. The minimum atomic E-state index is -0.446. The van der Waals surface area contributed by atoms with Crippen molar-refractivity contribution in [2.24, 2.45) is 0 Å². The van der Waals surface area contributed by atoms with E-state index in [1.54, 1.807) is 67.7 Å². The topological polar surface area (TPSA) is 138 Å². The first-order chi connectivity index (χ1) is 28.4. The van der Waals surface area contributed by atoms with Crippen molar-refractivity contribution in [1.29, 1.82) is 0 Å². The molecule has 1 saturated heterocycles. The summed E-state index contributed by atoms with van der Waals surface area (Å²) >= 11 is 0. The van der Waals surface area contributed by atoms with Crippen LogP contribution in [0.4, 0.5) is 11.4 Å². The highest BCUT2D eigenvalue weighted by molar-refractivity contribution is 6.21. The van der Waals surface area contributed by atoms with Crippen LogP contribution >= 0.6 is 0 Å². The van der Waals surface area contributed by atoms with Crippen LogP contribution in [0.3, 0.4) is 0 Å². The van der Waals surface area contributed by atoms with Crippen LogP contribution in [0.5, 0.6) is 17.2 Å². The molecule has 0 saturated carbocycles. The Morgan fingerprint density at radius 3 is 2.07 bits per heavy atom. The van der Waals surface area contributed by atoms with Gasteiger partial charge in [-0.3, -0.25) is 28.9 Å². The predicted octanol–water partition coefficient (Wildman–Crippen LogP) is 6.62. The molecular weight excluding hydrogens is 751 g/mol. The first-order valence-corrected chi connectivity index (χ1v) is 20.1. The number of nitrogens with zero attached hydrogens (tertiary/aromatic N) is 4. The van der Waals surface area contributed by atoms with E-state index < -0.39 is 5.91 Å². The van der Waals surface area contributed by atoms with Crippen molar-refractivity contribution in [2.75, 3.05) is 77.4 Å². The molecule has 0 aliphatic carbocycles. The number of ether oxygens (including phenoxy) is 3. The van der Waals surface area contributed by atoms with E-state index in [-0.39, 0.29) is 42.3 Å². The van der Waals surface area contributed by atoms with E-state index in [1.807, 2.05) is 36.9 Å². The molecule has 0 atom stereocenters. The van der Waals surface area contributed by atoms with Gasteiger partial charge in [0.1, 0.15) is 17.2 Å². The van der Waals surface area contributed by atoms with Gasteiger partial charge in [0, 0.05) is 51.8 Å². The van der Waals surface area contributed by atoms with Crippen molar-refractivity contribution in [3.05, 3.63) is 112 Å². The minimum Gasteiger partial charge on any atom is -0.495 e. The fourth-order valence-corrected chi connectivity index (χ4v) is 7.17. The first kappa shape index (κ1) is 42.4. The van der Waals surface area contributed by atoms with Gasteiger partial charge in [0.15, 0.2) is 0 Å². The molecule has 5 amide bonds. The molecule has 4 aromatic carbocycles.